The van der Waals surface area contributed by atoms with Gasteiger partial charge in [0.05, 0.1) is 11.7 Å². The summed E-state index contributed by atoms with van der Waals surface area (Å²) in [5.74, 6) is -0.276. The van der Waals surface area contributed by atoms with E-state index in [0.29, 0.717) is 15.9 Å². The fourth-order valence-corrected chi connectivity index (χ4v) is 4.02. The smallest absolute Gasteiger partial charge is 0.263 e. The van der Waals surface area contributed by atoms with E-state index in [4.69, 9.17) is 0 Å². The van der Waals surface area contributed by atoms with Gasteiger partial charge < -0.3 is 10.2 Å². The first kappa shape index (κ1) is 18.9. The van der Waals surface area contributed by atoms with E-state index in [0.717, 1.165) is 16.8 Å². The molecule has 7 heteroatoms. The number of hydrogen-bond acceptors (Lipinski definition) is 5. The average Bonchev–Trinajstić information content (AvgIpc) is 3.16. The third-order valence-electron chi connectivity index (χ3n) is 4.63. The SMILES string of the molecule is CN(C)c1ccc(NC(=O)Cn2cnc3scc(-c4ccccc4)c3c2=O)cc1. The molecule has 1 amide bonds. The van der Waals surface area contributed by atoms with Gasteiger partial charge in [-0.25, -0.2) is 4.98 Å². The minimum Gasteiger partial charge on any atom is -0.378 e. The average molecular weight is 404 g/mol. The fourth-order valence-electron chi connectivity index (χ4n) is 3.11. The lowest BCUT2D eigenvalue weighted by atomic mass is 10.1. The third kappa shape index (κ3) is 3.90. The van der Waals surface area contributed by atoms with Crippen LogP contribution in [0.3, 0.4) is 0 Å². The van der Waals surface area contributed by atoms with Crippen molar-refractivity contribution < 1.29 is 4.79 Å². The number of fused-ring (bicyclic) bond motifs is 1. The van der Waals surface area contributed by atoms with Crippen molar-refractivity contribution in [3.63, 3.8) is 0 Å². The Morgan fingerprint density at radius 2 is 1.83 bits per heavy atom. The number of rotatable bonds is 5. The van der Waals surface area contributed by atoms with Gasteiger partial charge in [-0.05, 0) is 29.8 Å². The summed E-state index contributed by atoms with van der Waals surface area (Å²) in [6.45, 7) is -0.0960. The van der Waals surface area contributed by atoms with Crippen LogP contribution in [0.25, 0.3) is 21.3 Å². The van der Waals surface area contributed by atoms with E-state index >= 15 is 0 Å². The number of aromatic nitrogens is 2. The summed E-state index contributed by atoms with van der Waals surface area (Å²) in [6, 6.07) is 17.2. The minimum atomic E-state index is -0.276. The second-order valence-electron chi connectivity index (χ2n) is 6.86. The molecule has 0 saturated heterocycles. The topological polar surface area (TPSA) is 67.2 Å². The molecule has 0 aliphatic carbocycles. The number of thiophene rings is 1. The summed E-state index contributed by atoms with van der Waals surface area (Å²) >= 11 is 1.43. The van der Waals surface area contributed by atoms with Crippen LogP contribution in [0.5, 0.6) is 0 Å². The Balaban J connectivity index is 1.59. The normalized spacial score (nSPS) is 10.8. The molecule has 4 aromatic rings. The Hall–Kier alpha value is -3.45. The Labute approximate surface area is 172 Å². The molecule has 0 aliphatic rings. The molecule has 1 N–H and O–H groups in total. The van der Waals surface area contributed by atoms with Gasteiger partial charge in [0.2, 0.25) is 5.91 Å². The Morgan fingerprint density at radius 3 is 2.52 bits per heavy atom. The predicted octanol–water partition coefficient (Wildman–Crippen LogP) is 3.83. The Bertz CT molecular complexity index is 1210. The standard InChI is InChI=1S/C22H20N4O2S/c1-25(2)17-10-8-16(9-11-17)24-19(27)12-26-14-23-21-20(22(26)28)18(13-29-21)15-6-4-3-5-7-15/h3-11,13-14H,12H2,1-2H3,(H,24,27). The van der Waals surface area contributed by atoms with Crippen LogP contribution in [-0.4, -0.2) is 29.6 Å². The zero-order valence-corrected chi connectivity index (χ0v) is 16.9. The van der Waals surface area contributed by atoms with Crippen molar-refractivity contribution in [1.82, 2.24) is 9.55 Å². The van der Waals surface area contributed by atoms with Crippen molar-refractivity contribution in [2.75, 3.05) is 24.3 Å². The van der Waals surface area contributed by atoms with Gasteiger partial charge in [-0.15, -0.1) is 11.3 Å². The molecule has 2 aromatic heterocycles. The van der Waals surface area contributed by atoms with Crippen molar-refractivity contribution in [1.29, 1.82) is 0 Å². The zero-order valence-electron chi connectivity index (χ0n) is 16.1. The molecule has 146 valence electrons. The number of carbonyl (C=O) groups excluding carboxylic acids is 1. The third-order valence-corrected chi connectivity index (χ3v) is 5.51. The molecule has 0 atom stereocenters. The summed E-state index contributed by atoms with van der Waals surface area (Å²) < 4.78 is 1.35. The first-order chi connectivity index (χ1) is 14.0. The monoisotopic (exact) mass is 404 g/mol. The summed E-state index contributed by atoms with van der Waals surface area (Å²) in [7, 11) is 3.91. The lowest BCUT2D eigenvalue weighted by Crippen LogP contribution is -2.27. The summed E-state index contributed by atoms with van der Waals surface area (Å²) in [4.78, 5) is 32.5. The van der Waals surface area contributed by atoms with Gasteiger partial charge in [0.1, 0.15) is 11.4 Å². The maximum Gasteiger partial charge on any atom is 0.263 e. The number of carbonyl (C=O) groups is 1. The van der Waals surface area contributed by atoms with Gasteiger partial charge in [0.25, 0.3) is 5.56 Å². The molecule has 29 heavy (non-hydrogen) atoms. The highest BCUT2D eigenvalue weighted by molar-refractivity contribution is 7.17. The van der Waals surface area contributed by atoms with Crippen LogP contribution in [0.1, 0.15) is 0 Å². The van der Waals surface area contributed by atoms with Gasteiger partial charge in [-0.2, -0.15) is 0 Å². The number of nitrogens with zero attached hydrogens (tertiary/aromatic N) is 3. The first-order valence-electron chi connectivity index (χ1n) is 9.12. The molecular formula is C22H20N4O2S. The lowest BCUT2D eigenvalue weighted by Gasteiger charge is -2.13. The van der Waals surface area contributed by atoms with Gasteiger partial charge in [-0.3, -0.25) is 14.2 Å². The summed E-state index contributed by atoms with van der Waals surface area (Å²) in [6.07, 6.45) is 1.44. The fraction of sp³-hybridized carbons (Fsp3) is 0.136. The van der Waals surface area contributed by atoms with Crippen LogP contribution in [0.15, 0.2) is 71.1 Å². The van der Waals surface area contributed by atoms with Crippen LogP contribution in [0, 0.1) is 0 Å². The molecule has 4 rings (SSSR count). The number of amides is 1. The van der Waals surface area contributed by atoms with Gasteiger partial charge in [0.15, 0.2) is 0 Å². The highest BCUT2D eigenvalue weighted by Crippen LogP contribution is 2.30. The van der Waals surface area contributed by atoms with Gasteiger partial charge in [-0.1, -0.05) is 30.3 Å². The van der Waals surface area contributed by atoms with Crippen LogP contribution < -0.4 is 15.8 Å². The number of nitrogens with one attached hydrogen (secondary N) is 1. The zero-order chi connectivity index (χ0) is 20.4. The predicted molar refractivity (Wildman–Crippen MR) is 119 cm³/mol. The lowest BCUT2D eigenvalue weighted by molar-refractivity contribution is -0.116. The Kier molecular flexibility index (Phi) is 5.14. The molecule has 0 unspecified atom stereocenters. The van der Waals surface area contributed by atoms with E-state index in [1.165, 1.54) is 22.2 Å². The van der Waals surface area contributed by atoms with Gasteiger partial charge >= 0.3 is 0 Å². The number of hydrogen-bond donors (Lipinski definition) is 1. The molecule has 0 spiro atoms. The summed E-state index contributed by atoms with van der Waals surface area (Å²) in [5.41, 5.74) is 3.31. The van der Waals surface area contributed by atoms with Crippen LogP contribution >= 0.6 is 11.3 Å². The largest absolute Gasteiger partial charge is 0.378 e. The second kappa shape index (κ2) is 7.89. The highest BCUT2D eigenvalue weighted by atomic mass is 32.1. The molecule has 0 fully saturated rings. The van der Waals surface area contributed by atoms with Gasteiger partial charge in [0, 0.05) is 36.4 Å². The van der Waals surface area contributed by atoms with E-state index < -0.39 is 0 Å². The maximum absolute atomic E-state index is 13.0. The quantitative estimate of drug-likeness (QED) is 0.549. The van der Waals surface area contributed by atoms with E-state index in [-0.39, 0.29) is 18.0 Å². The molecule has 0 bridgehead atoms. The highest BCUT2D eigenvalue weighted by Gasteiger charge is 2.14. The van der Waals surface area contributed by atoms with E-state index in [1.807, 2.05) is 79.0 Å². The molecule has 2 heterocycles. The first-order valence-corrected chi connectivity index (χ1v) is 10.00. The maximum atomic E-state index is 13.0. The number of benzene rings is 2. The van der Waals surface area contributed by atoms with E-state index in [9.17, 15) is 9.59 Å². The van der Waals surface area contributed by atoms with E-state index in [2.05, 4.69) is 10.3 Å². The minimum absolute atomic E-state index is 0.0960. The molecule has 2 aromatic carbocycles. The molecule has 6 nitrogen and oxygen atoms in total. The molecule has 0 aliphatic heterocycles. The van der Waals surface area contributed by atoms with Crippen molar-refractivity contribution in [3.8, 4) is 11.1 Å². The summed E-state index contributed by atoms with van der Waals surface area (Å²) in [5, 5.41) is 5.31. The van der Waals surface area contributed by atoms with E-state index in [1.54, 1.807) is 0 Å². The van der Waals surface area contributed by atoms with Crippen molar-refractivity contribution in [2.24, 2.45) is 0 Å². The number of anilines is 2. The molecular weight excluding hydrogens is 384 g/mol. The Morgan fingerprint density at radius 1 is 1.10 bits per heavy atom. The second-order valence-corrected chi connectivity index (χ2v) is 7.72. The van der Waals surface area contributed by atoms with Crippen LogP contribution in [0.4, 0.5) is 11.4 Å². The van der Waals surface area contributed by atoms with Crippen molar-refractivity contribution >= 4 is 38.8 Å². The molecule has 0 radical (unpaired) electrons. The van der Waals surface area contributed by atoms with Crippen molar-refractivity contribution in [2.45, 2.75) is 6.54 Å². The van der Waals surface area contributed by atoms with Crippen LogP contribution in [0.2, 0.25) is 0 Å². The van der Waals surface area contributed by atoms with Crippen molar-refractivity contribution in [3.05, 3.63) is 76.7 Å². The molecule has 0 saturated carbocycles. The van der Waals surface area contributed by atoms with Crippen LogP contribution in [-0.2, 0) is 11.3 Å².